The number of hydrogen-bond acceptors (Lipinski definition) is 0. The maximum absolute atomic E-state index is 7.72. The molecule has 0 saturated heterocycles. The molecule has 1 aliphatic rings. The van der Waals surface area contributed by atoms with Crippen molar-refractivity contribution in [1.82, 2.24) is 0 Å². The van der Waals surface area contributed by atoms with Gasteiger partial charge < -0.3 is 0 Å². The molecular formula is C10H10. The summed E-state index contributed by atoms with van der Waals surface area (Å²) >= 11 is 0. The van der Waals surface area contributed by atoms with Crippen LogP contribution in [0.1, 0.15) is 20.3 Å². The first-order valence-electron chi connectivity index (χ1n) is 4.56. The van der Waals surface area contributed by atoms with Gasteiger partial charge in [0.25, 0.3) is 0 Å². The van der Waals surface area contributed by atoms with E-state index in [9.17, 15) is 0 Å². The molecule has 0 bridgehead atoms. The van der Waals surface area contributed by atoms with Crippen molar-refractivity contribution in [2.45, 2.75) is 12.8 Å². The Bertz CT molecular complexity index is 317. The van der Waals surface area contributed by atoms with Crippen molar-refractivity contribution in [3.8, 4) is 0 Å². The van der Waals surface area contributed by atoms with Gasteiger partial charge in [-0.1, -0.05) is 36.4 Å². The van der Waals surface area contributed by atoms with Crippen LogP contribution >= 0.6 is 0 Å². The van der Waals surface area contributed by atoms with Gasteiger partial charge in [0.15, 0.2) is 0 Å². The van der Waals surface area contributed by atoms with Crippen LogP contribution in [0.2, 0.25) is 0 Å². The van der Waals surface area contributed by atoms with E-state index in [4.69, 9.17) is 2.74 Å². The van der Waals surface area contributed by atoms with E-state index in [1.165, 1.54) is 0 Å². The fourth-order valence-corrected chi connectivity index (χ4v) is 1.13. The molecule has 0 spiro atoms. The van der Waals surface area contributed by atoms with Crippen molar-refractivity contribution in [2.24, 2.45) is 0 Å². The molecule has 0 fully saturated rings. The van der Waals surface area contributed by atoms with E-state index in [0.29, 0.717) is 0 Å². The molecule has 1 aromatic carbocycles. The molecular weight excluding hydrogens is 120 g/mol. The lowest BCUT2D eigenvalue weighted by Gasteiger charge is -2.07. The van der Waals surface area contributed by atoms with Gasteiger partial charge in [-0.25, -0.2) is 0 Å². The molecule has 1 aliphatic carbocycles. The third-order valence-corrected chi connectivity index (χ3v) is 1.66. The molecule has 0 saturated carbocycles. The Labute approximate surface area is 64.0 Å². The minimum absolute atomic E-state index is 0.403. The van der Waals surface area contributed by atoms with Gasteiger partial charge in [0.2, 0.25) is 0 Å². The summed E-state index contributed by atoms with van der Waals surface area (Å²) in [5.41, 5.74) is 2.06. The van der Waals surface area contributed by atoms with E-state index >= 15 is 0 Å². The molecule has 50 valence electrons. The summed E-state index contributed by atoms with van der Waals surface area (Å²) < 4.78 is 15.3. The fraction of sp³-hybridized carbons (Fsp3) is 0.200. The predicted molar refractivity (Wildman–Crippen MR) is 43.8 cm³/mol. The quantitative estimate of drug-likeness (QED) is 0.509. The summed E-state index contributed by atoms with van der Waals surface area (Å²) in [7, 11) is 0. The Kier molecular flexibility index (Phi) is 0.911. The van der Waals surface area contributed by atoms with Crippen molar-refractivity contribution in [3.05, 3.63) is 41.5 Å². The third-order valence-electron chi connectivity index (χ3n) is 1.66. The van der Waals surface area contributed by atoms with Crippen LogP contribution in [0.15, 0.2) is 30.3 Å². The zero-order chi connectivity index (χ0) is 8.55. The highest BCUT2D eigenvalue weighted by Gasteiger charge is 2.00. The van der Waals surface area contributed by atoms with Crippen molar-refractivity contribution in [1.29, 1.82) is 0 Å². The van der Waals surface area contributed by atoms with Crippen molar-refractivity contribution in [3.63, 3.8) is 0 Å². The van der Waals surface area contributed by atoms with Gasteiger partial charge in [0.05, 0.1) is 0 Å². The van der Waals surface area contributed by atoms with E-state index in [1.54, 1.807) is 6.08 Å². The first-order valence-corrected chi connectivity index (χ1v) is 3.40. The summed E-state index contributed by atoms with van der Waals surface area (Å²) in [5.74, 6) is 0. The molecule has 2 atom stereocenters. The summed E-state index contributed by atoms with van der Waals surface area (Å²) in [6.45, 7) is 0. The van der Waals surface area contributed by atoms with Gasteiger partial charge >= 0.3 is 0 Å². The number of rotatable bonds is 0. The second-order valence-corrected chi connectivity index (χ2v) is 2.35. The van der Waals surface area contributed by atoms with Gasteiger partial charge in [-0.2, -0.15) is 0 Å². The molecule has 0 radical (unpaired) electrons. The minimum atomic E-state index is -0.411. The lowest BCUT2D eigenvalue weighted by Crippen LogP contribution is -1.91. The Balaban J connectivity index is 2.52. The summed E-state index contributed by atoms with van der Waals surface area (Å²) in [6, 6.07) is 7.80. The smallest absolute Gasteiger partial charge is 0.0319 e. The number of benzene rings is 1. The monoisotopic (exact) mass is 132 g/mol. The van der Waals surface area contributed by atoms with Crippen LogP contribution in [0.3, 0.4) is 0 Å². The molecule has 1 aromatic rings. The van der Waals surface area contributed by atoms with E-state index in [2.05, 4.69) is 0 Å². The van der Waals surface area contributed by atoms with Gasteiger partial charge in [-0.3, -0.25) is 0 Å². The van der Waals surface area contributed by atoms with E-state index in [0.717, 1.165) is 11.1 Å². The Hall–Kier alpha value is -1.04. The molecule has 0 aliphatic heterocycles. The van der Waals surface area contributed by atoms with E-state index in [-0.39, 0.29) is 0 Å². The Morgan fingerprint density at radius 2 is 2.20 bits per heavy atom. The molecule has 0 aromatic heterocycles. The maximum Gasteiger partial charge on any atom is 0.0319 e. The molecule has 0 heterocycles. The average Bonchev–Trinajstić information content (AvgIpc) is 2.12. The lowest BCUT2D eigenvalue weighted by molar-refractivity contribution is 0.986. The van der Waals surface area contributed by atoms with Crippen LogP contribution in [-0.2, 0) is 6.40 Å². The Morgan fingerprint density at radius 3 is 3.20 bits per heavy atom. The van der Waals surface area contributed by atoms with Crippen LogP contribution in [0.5, 0.6) is 0 Å². The van der Waals surface area contributed by atoms with Crippen molar-refractivity contribution >= 4 is 6.08 Å². The number of aryl methyl sites for hydroxylation is 1. The van der Waals surface area contributed by atoms with Crippen LogP contribution in [0, 0.1) is 0 Å². The summed E-state index contributed by atoms with van der Waals surface area (Å²) in [5, 5.41) is 0. The standard InChI is InChI=1S/C10H10/c1-2-6-10-8-4-3-7-9(10)5-1/h1-3,5-7H,4,8H2/i4D,8D/t4-,8-/m1/s1. The van der Waals surface area contributed by atoms with Crippen LogP contribution in [0.4, 0.5) is 0 Å². The van der Waals surface area contributed by atoms with Gasteiger partial charge in [0, 0.05) is 2.74 Å². The van der Waals surface area contributed by atoms with Gasteiger partial charge in [-0.15, -0.1) is 0 Å². The third kappa shape index (κ3) is 0.860. The summed E-state index contributed by atoms with van der Waals surface area (Å²) in [6.07, 6.45) is 2.89. The van der Waals surface area contributed by atoms with Gasteiger partial charge in [-0.05, 0) is 23.9 Å². The normalized spacial score (nSPS) is 32.4. The predicted octanol–water partition coefficient (Wildman–Crippen LogP) is 2.65. The highest BCUT2D eigenvalue weighted by Crippen LogP contribution is 2.17. The zero-order valence-corrected chi connectivity index (χ0v) is 5.62. The fourth-order valence-electron chi connectivity index (χ4n) is 1.13. The minimum Gasteiger partial charge on any atom is -0.0836 e. The van der Waals surface area contributed by atoms with Crippen LogP contribution < -0.4 is 0 Å². The topological polar surface area (TPSA) is 0 Å². The number of fused-ring (bicyclic) bond motifs is 1. The SMILES string of the molecule is [2H][C@@H]1C=Cc2ccccc2[C@@H]1[2H]. The number of allylic oxidation sites excluding steroid dienone is 1. The first-order chi connectivity index (χ1) is 5.79. The van der Waals surface area contributed by atoms with Crippen molar-refractivity contribution < 1.29 is 2.74 Å². The maximum atomic E-state index is 7.72. The van der Waals surface area contributed by atoms with E-state index in [1.807, 2.05) is 30.3 Å². The molecule has 0 N–H and O–H groups in total. The molecule has 10 heavy (non-hydrogen) atoms. The zero-order valence-electron chi connectivity index (χ0n) is 7.62. The molecule has 0 amide bonds. The highest BCUT2D eigenvalue weighted by molar-refractivity contribution is 5.55. The Morgan fingerprint density at radius 1 is 1.30 bits per heavy atom. The lowest BCUT2D eigenvalue weighted by atomic mass is 9.98. The second-order valence-electron chi connectivity index (χ2n) is 2.35. The summed E-state index contributed by atoms with van der Waals surface area (Å²) in [4.78, 5) is 0. The molecule has 0 nitrogen and oxygen atoms in total. The van der Waals surface area contributed by atoms with Crippen LogP contribution in [0.25, 0.3) is 6.08 Å². The first kappa shape index (κ1) is 3.97. The van der Waals surface area contributed by atoms with Crippen molar-refractivity contribution in [2.75, 3.05) is 0 Å². The molecule has 0 heteroatoms. The number of hydrogen-bond donors (Lipinski definition) is 0. The second kappa shape index (κ2) is 2.30. The average molecular weight is 132 g/mol. The van der Waals surface area contributed by atoms with E-state index < -0.39 is 12.8 Å². The van der Waals surface area contributed by atoms with Crippen LogP contribution in [-0.4, -0.2) is 0 Å². The molecule has 2 rings (SSSR count). The largest absolute Gasteiger partial charge is 0.0836 e. The van der Waals surface area contributed by atoms with Gasteiger partial charge in [0.1, 0.15) is 0 Å². The highest BCUT2D eigenvalue weighted by atomic mass is 14.1. The molecule has 0 unspecified atom stereocenters.